The number of aromatic nitrogens is 2. The Bertz CT molecular complexity index is 892. The number of fused-ring (bicyclic) bond motifs is 1. The van der Waals surface area contributed by atoms with Gasteiger partial charge in [0, 0.05) is 36.0 Å². The maximum absolute atomic E-state index is 10.2. The number of anilines is 2. The van der Waals surface area contributed by atoms with Crippen molar-refractivity contribution in [3.63, 3.8) is 0 Å². The molecule has 1 aliphatic heterocycles. The number of hydrogen-bond acceptors (Lipinski definition) is 8. The zero-order chi connectivity index (χ0) is 17.2. The number of benzene rings is 2. The lowest BCUT2D eigenvalue weighted by Gasteiger charge is -2.11. The summed E-state index contributed by atoms with van der Waals surface area (Å²) in [6.45, 7) is 1.82. The van der Waals surface area contributed by atoms with E-state index >= 15 is 0 Å². The van der Waals surface area contributed by atoms with Crippen molar-refractivity contribution >= 4 is 11.7 Å². The molecule has 1 aliphatic rings. The fourth-order valence-electron chi connectivity index (χ4n) is 2.61. The molecule has 2 heterocycles. The van der Waals surface area contributed by atoms with Crippen molar-refractivity contribution in [3.8, 4) is 28.7 Å². The molecule has 8 nitrogen and oxygen atoms in total. The summed E-state index contributed by atoms with van der Waals surface area (Å²) in [6, 6.07) is 10.1. The maximum Gasteiger partial charge on any atom is 0.320 e. The van der Waals surface area contributed by atoms with E-state index in [1.807, 2.05) is 6.07 Å². The molecule has 0 bridgehead atoms. The normalized spacial score (nSPS) is 13.6. The standard InChI is InChI=1S/C17H16N4O4/c22-13-3-1-10(2-4-13)16-20-21-17(25-16)19-12-7-11-9-18-5-6-24-15(11)14(23)8-12/h1-4,7-8,18,22-23H,5-6,9H2,(H,19,21). The summed E-state index contributed by atoms with van der Waals surface area (Å²) < 4.78 is 11.1. The Hall–Kier alpha value is -3.26. The average Bonchev–Trinajstić information content (AvgIpc) is 2.92. The highest BCUT2D eigenvalue weighted by Gasteiger charge is 2.16. The van der Waals surface area contributed by atoms with Gasteiger partial charge in [0.25, 0.3) is 0 Å². The van der Waals surface area contributed by atoms with E-state index < -0.39 is 0 Å². The Labute approximate surface area is 143 Å². The number of rotatable bonds is 3. The predicted octanol–water partition coefficient (Wildman–Crippen LogP) is 2.37. The summed E-state index contributed by atoms with van der Waals surface area (Å²) >= 11 is 0. The van der Waals surface area contributed by atoms with Crippen LogP contribution >= 0.6 is 0 Å². The second-order valence-electron chi connectivity index (χ2n) is 5.59. The molecule has 0 atom stereocenters. The van der Waals surface area contributed by atoms with Crippen molar-refractivity contribution in [1.82, 2.24) is 15.5 Å². The Morgan fingerprint density at radius 2 is 1.92 bits per heavy atom. The maximum atomic E-state index is 10.2. The molecule has 0 spiro atoms. The summed E-state index contributed by atoms with van der Waals surface area (Å²) in [4.78, 5) is 0. The number of aromatic hydroxyl groups is 2. The molecule has 4 rings (SSSR count). The van der Waals surface area contributed by atoms with Crippen molar-refractivity contribution in [2.24, 2.45) is 0 Å². The lowest BCUT2D eigenvalue weighted by molar-refractivity contribution is 0.307. The van der Waals surface area contributed by atoms with Gasteiger partial charge in [-0.2, -0.15) is 0 Å². The minimum absolute atomic E-state index is 0.0574. The molecule has 8 heteroatoms. The van der Waals surface area contributed by atoms with Gasteiger partial charge in [-0.15, -0.1) is 5.10 Å². The third-order valence-electron chi connectivity index (χ3n) is 3.78. The molecule has 0 unspecified atom stereocenters. The summed E-state index contributed by atoms with van der Waals surface area (Å²) in [5, 5.41) is 33.6. The first-order valence-corrected chi connectivity index (χ1v) is 7.78. The smallest absolute Gasteiger partial charge is 0.320 e. The minimum Gasteiger partial charge on any atom is -0.508 e. The zero-order valence-electron chi connectivity index (χ0n) is 13.2. The monoisotopic (exact) mass is 340 g/mol. The molecule has 2 aromatic carbocycles. The molecule has 4 N–H and O–H groups in total. The van der Waals surface area contributed by atoms with E-state index in [2.05, 4.69) is 20.8 Å². The second-order valence-corrected chi connectivity index (χ2v) is 5.59. The third kappa shape index (κ3) is 3.20. The molecule has 0 saturated heterocycles. The van der Waals surface area contributed by atoms with Gasteiger partial charge in [0.1, 0.15) is 12.4 Å². The van der Waals surface area contributed by atoms with Crippen LogP contribution in [0.25, 0.3) is 11.5 Å². The number of nitrogens with one attached hydrogen (secondary N) is 2. The van der Waals surface area contributed by atoms with E-state index in [4.69, 9.17) is 9.15 Å². The zero-order valence-corrected chi connectivity index (χ0v) is 13.2. The van der Waals surface area contributed by atoms with Gasteiger partial charge in [-0.3, -0.25) is 0 Å². The second kappa shape index (κ2) is 6.33. The number of hydrogen-bond donors (Lipinski definition) is 4. The summed E-state index contributed by atoms with van der Waals surface area (Å²) in [7, 11) is 0. The third-order valence-corrected chi connectivity index (χ3v) is 3.78. The van der Waals surface area contributed by atoms with Crippen LogP contribution in [0.2, 0.25) is 0 Å². The highest BCUT2D eigenvalue weighted by molar-refractivity contribution is 5.63. The average molecular weight is 340 g/mol. The van der Waals surface area contributed by atoms with Crippen LogP contribution in [0.3, 0.4) is 0 Å². The quantitative estimate of drug-likeness (QED) is 0.575. The van der Waals surface area contributed by atoms with E-state index in [-0.39, 0.29) is 17.5 Å². The summed E-state index contributed by atoms with van der Waals surface area (Å²) in [6.07, 6.45) is 0. The summed E-state index contributed by atoms with van der Waals surface area (Å²) in [5.41, 5.74) is 2.16. The molecule has 25 heavy (non-hydrogen) atoms. The van der Waals surface area contributed by atoms with E-state index in [0.29, 0.717) is 36.0 Å². The fraction of sp³-hybridized carbons (Fsp3) is 0.176. The van der Waals surface area contributed by atoms with Crippen LogP contribution in [0, 0.1) is 0 Å². The fourth-order valence-corrected chi connectivity index (χ4v) is 2.61. The van der Waals surface area contributed by atoms with Crippen LogP contribution in [0.5, 0.6) is 17.2 Å². The molecule has 0 amide bonds. The van der Waals surface area contributed by atoms with Crippen LogP contribution in [0.1, 0.15) is 5.56 Å². The molecule has 0 radical (unpaired) electrons. The van der Waals surface area contributed by atoms with E-state index in [0.717, 1.165) is 12.1 Å². The minimum atomic E-state index is 0.0574. The number of nitrogens with zero attached hydrogens (tertiary/aromatic N) is 2. The van der Waals surface area contributed by atoms with Crippen molar-refractivity contribution in [1.29, 1.82) is 0 Å². The SMILES string of the molecule is Oc1ccc(-c2nnc(Nc3cc(O)c4c(c3)CNCCO4)o2)cc1. The molecule has 128 valence electrons. The summed E-state index contributed by atoms with van der Waals surface area (Å²) in [5.74, 6) is 1.04. The van der Waals surface area contributed by atoms with Gasteiger partial charge in [-0.25, -0.2) is 0 Å². The van der Waals surface area contributed by atoms with Crippen LogP contribution in [0.15, 0.2) is 40.8 Å². The molecule has 0 aliphatic carbocycles. The van der Waals surface area contributed by atoms with Gasteiger partial charge in [-0.1, -0.05) is 5.10 Å². The van der Waals surface area contributed by atoms with E-state index in [1.54, 1.807) is 30.3 Å². The molecule has 0 fully saturated rings. The van der Waals surface area contributed by atoms with E-state index in [9.17, 15) is 10.2 Å². The largest absolute Gasteiger partial charge is 0.508 e. The first kappa shape index (κ1) is 15.3. The lowest BCUT2D eigenvalue weighted by atomic mass is 10.1. The Kier molecular flexibility index (Phi) is 3.87. The van der Waals surface area contributed by atoms with Gasteiger partial charge < -0.3 is 30.0 Å². The Morgan fingerprint density at radius 1 is 1.08 bits per heavy atom. The van der Waals surface area contributed by atoms with Crippen LogP contribution in [0.4, 0.5) is 11.7 Å². The molecule has 1 aromatic heterocycles. The highest BCUT2D eigenvalue weighted by atomic mass is 16.5. The number of ether oxygens (including phenoxy) is 1. The van der Waals surface area contributed by atoms with Crippen molar-refractivity contribution in [3.05, 3.63) is 42.0 Å². The predicted molar refractivity (Wildman–Crippen MR) is 90.0 cm³/mol. The molecule has 0 saturated carbocycles. The van der Waals surface area contributed by atoms with Gasteiger partial charge in [0.05, 0.1) is 0 Å². The first-order valence-electron chi connectivity index (χ1n) is 7.78. The van der Waals surface area contributed by atoms with E-state index in [1.165, 1.54) is 0 Å². The number of phenols is 2. The van der Waals surface area contributed by atoms with Crippen LogP contribution < -0.4 is 15.4 Å². The topological polar surface area (TPSA) is 113 Å². The first-order chi connectivity index (χ1) is 12.2. The number of phenolic OH excluding ortho intramolecular Hbond substituents is 2. The van der Waals surface area contributed by atoms with Crippen LogP contribution in [-0.4, -0.2) is 33.6 Å². The van der Waals surface area contributed by atoms with Crippen molar-refractivity contribution < 1.29 is 19.4 Å². The van der Waals surface area contributed by atoms with Gasteiger partial charge in [-0.05, 0) is 30.3 Å². The van der Waals surface area contributed by atoms with Crippen molar-refractivity contribution in [2.75, 3.05) is 18.5 Å². The van der Waals surface area contributed by atoms with Gasteiger partial charge in [0.15, 0.2) is 11.5 Å². The lowest BCUT2D eigenvalue weighted by Crippen LogP contribution is -2.16. The molecular formula is C17H16N4O4. The van der Waals surface area contributed by atoms with Gasteiger partial charge >= 0.3 is 6.01 Å². The molecular weight excluding hydrogens is 324 g/mol. The van der Waals surface area contributed by atoms with Crippen LogP contribution in [-0.2, 0) is 6.54 Å². The molecule has 3 aromatic rings. The van der Waals surface area contributed by atoms with Crippen molar-refractivity contribution in [2.45, 2.75) is 6.54 Å². The highest BCUT2D eigenvalue weighted by Crippen LogP contribution is 2.35. The van der Waals surface area contributed by atoms with Gasteiger partial charge in [0.2, 0.25) is 5.89 Å². The Balaban J connectivity index is 1.57. The Morgan fingerprint density at radius 3 is 2.76 bits per heavy atom.